The lowest BCUT2D eigenvalue weighted by molar-refractivity contribution is 0.103. The molecule has 110 valence electrons. The second-order valence-electron chi connectivity index (χ2n) is 6.81. The van der Waals surface area contributed by atoms with Gasteiger partial charge in [0.25, 0.3) is 0 Å². The van der Waals surface area contributed by atoms with E-state index in [1.54, 1.807) is 0 Å². The molecule has 20 heavy (non-hydrogen) atoms. The van der Waals surface area contributed by atoms with Gasteiger partial charge in [0.15, 0.2) is 0 Å². The Morgan fingerprint density at radius 1 is 1.15 bits per heavy atom. The first kappa shape index (κ1) is 13.9. The minimum absolute atomic E-state index is 0.0955. The van der Waals surface area contributed by atoms with Gasteiger partial charge < -0.3 is 10.0 Å². The maximum atomic E-state index is 10.4. The van der Waals surface area contributed by atoms with Gasteiger partial charge >= 0.3 is 0 Å². The molecule has 1 aliphatic heterocycles. The number of rotatable bonds is 2. The maximum absolute atomic E-state index is 10.4. The average Bonchev–Trinajstić information content (AvgIpc) is 2.64. The standard InChI is InChI=1S/C18H27NO/c1-14-11-15-7-5-6-9-17(15)19(12-14)13-16-8-3-2-4-10-18(16)20/h5-7,9,14,16,18,20H,2-4,8,10-13H2,1H3. The second-order valence-corrected chi connectivity index (χ2v) is 6.81. The number of nitrogens with zero attached hydrogens (tertiary/aromatic N) is 1. The predicted molar refractivity (Wildman–Crippen MR) is 84.1 cm³/mol. The highest BCUT2D eigenvalue weighted by atomic mass is 16.3. The van der Waals surface area contributed by atoms with E-state index in [1.165, 1.54) is 43.4 Å². The van der Waals surface area contributed by atoms with Crippen molar-refractivity contribution >= 4 is 5.69 Å². The van der Waals surface area contributed by atoms with Crippen LogP contribution in [-0.4, -0.2) is 24.3 Å². The smallest absolute Gasteiger partial charge is 0.0585 e. The quantitative estimate of drug-likeness (QED) is 0.832. The number of para-hydroxylation sites is 1. The van der Waals surface area contributed by atoms with Gasteiger partial charge in [0.2, 0.25) is 0 Å². The largest absolute Gasteiger partial charge is 0.393 e. The first-order chi connectivity index (χ1) is 9.74. The summed E-state index contributed by atoms with van der Waals surface area (Å²) in [5.41, 5.74) is 2.89. The molecule has 2 heteroatoms. The molecule has 3 unspecified atom stereocenters. The third-order valence-electron chi connectivity index (χ3n) is 5.01. The molecule has 1 saturated carbocycles. The number of anilines is 1. The summed E-state index contributed by atoms with van der Waals surface area (Å²) >= 11 is 0. The van der Waals surface area contributed by atoms with E-state index in [0.29, 0.717) is 11.8 Å². The van der Waals surface area contributed by atoms with Crippen molar-refractivity contribution in [1.29, 1.82) is 0 Å². The highest BCUT2D eigenvalue weighted by Gasteiger charge is 2.27. The van der Waals surface area contributed by atoms with Gasteiger partial charge in [-0.25, -0.2) is 0 Å². The van der Waals surface area contributed by atoms with Gasteiger partial charge in [-0.2, -0.15) is 0 Å². The van der Waals surface area contributed by atoms with Gasteiger partial charge in [-0.1, -0.05) is 44.4 Å². The van der Waals surface area contributed by atoms with Gasteiger partial charge in [-0.05, 0) is 36.8 Å². The zero-order valence-electron chi connectivity index (χ0n) is 12.6. The Kier molecular flexibility index (Phi) is 4.30. The molecule has 1 heterocycles. The Hall–Kier alpha value is -1.02. The Bertz CT molecular complexity index is 445. The lowest BCUT2D eigenvalue weighted by Gasteiger charge is -2.38. The number of hydrogen-bond acceptors (Lipinski definition) is 2. The molecule has 0 aromatic heterocycles. The maximum Gasteiger partial charge on any atom is 0.0585 e. The summed E-state index contributed by atoms with van der Waals surface area (Å²) in [4.78, 5) is 2.53. The molecule has 1 aromatic carbocycles. The third kappa shape index (κ3) is 3.01. The topological polar surface area (TPSA) is 23.5 Å². The molecule has 3 atom stereocenters. The Labute approximate surface area is 122 Å². The van der Waals surface area contributed by atoms with Crippen molar-refractivity contribution in [2.75, 3.05) is 18.0 Å². The van der Waals surface area contributed by atoms with Crippen molar-refractivity contribution in [3.63, 3.8) is 0 Å². The van der Waals surface area contributed by atoms with Crippen LogP contribution in [0.1, 0.15) is 44.6 Å². The molecule has 0 spiro atoms. The number of fused-ring (bicyclic) bond motifs is 1. The number of aliphatic hydroxyl groups excluding tert-OH is 1. The van der Waals surface area contributed by atoms with Crippen LogP contribution in [0.5, 0.6) is 0 Å². The molecule has 2 aliphatic rings. The summed E-state index contributed by atoms with van der Waals surface area (Å²) in [7, 11) is 0. The summed E-state index contributed by atoms with van der Waals surface area (Å²) in [5.74, 6) is 1.17. The van der Waals surface area contributed by atoms with E-state index in [0.717, 1.165) is 19.5 Å². The Balaban J connectivity index is 1.76. The zero-order chi connectivity index (χ0) is 13.9. The minimum Gasteiger partial charge on any atom is -0.393 e. The molecule has 0 radical (unpaired) electrons. The number of aliphatic hydroxyl groups is 1. The number of benzene rings is 1. The van der Waals surface area contributed by atoms with Crippen molar-refractivity contribution in [2.24, 2.45) is 11.8 Å². The van der Waals surface area contributed by atoms with Gasteiger partial charge in [0, 0.05) is 24.7 Å². The Morgan fingerprint density at radius 2 is 1.95 bits per heavy atom. The molecule has 0 bridgehead atoms. The molecule has 3 rings (SSSR count). The monoisotopic (exact) mass is 273 g/mol. The molecular formula is C18H27NO. The normalized spacial score (nSPS) is 30.7. The van der Waals surface area contributed by atoms with Crippen molar-refractivity contribution in [2.45, 2.75) is 51.6 Å². The van der Waals surface area contributed by atoms with E-state index in [4.69, 9.17) is 0 Å². The highest BCUT2D eigenvalue weighted by molar-refractivity contribution is 5.55. The highest BCUT2D eigenvalue weighted by Crippen LogP contribution is 2.32. The van der Waals surface area contributed by atoms with E-state index < -0.39 is 0 Å². The van der Waals surface area contributed by atoms with Crippen LogP contribution in [0.25, 0.3) is 0 Å². The molecule has 1 aliphatic carbocycles. The van der Waals surface area contributed by atoms with Crippen LogP contribution in [-0.2, 0) is 6.42 Å². The van der Waals surface area contributed by atoms with Crippen LogP contribution in [0, 0.1) is 11.8 Å². The van der Waals surface area contributed by atoms with E-state index in [2.05, 4.69) is 36.1 Å². The minimum atomic E-state index is -0.0955. The fourth-order valence-electron chi connectivity index (χ4n) is 3.94. The first-order valence-corrected chi connectivity index (χ1v) is 8.25. The molecule has 0 amide bonds. The zero-order valence-corrected chi connectivity index (χ0v) is 12.6. The third-order valence-corrected chi connectivity index (χ3v) is 5.01. The van der Waals surface area contributed by atoms with Gasteiger partial charge in [-0.3, -0.25) is 0 Å². The van der Waals surface area contributed by atoms with E-state index >= 15 is 0 Å². The summed E-state index contributed by atoms with van der Waals surface area (Å²) in [5, 5.41) is 10.4. The first-order valence-electron chi connectivity index (χ1n) is 8.25. The Morgan fingerprint density at radius 3 is 2.85 bits per heavy atom. The second kappa shape index (κ2) is 6.17. The van der Waals surface area contributed by atoms with E-state index in [1.807, 2.05) is 0 Å². The molecule has 1 aromatic rings. The van der Waals surface area contributed by atoms with Crippen molar-refractivity contribution in [3.05, 3.63) is 29.8 Å². The summed E-state index contributed by atoms with van der Waals surface area (Å²) in [6.07, 6.45) is 7.06. The predicted octanol–water partition coefficient (Wildman–Crippen LogP) is 3.63. The fraction of sp³-hybridized carbons (Fsp3) is 0.667. The summed E-state index contributed by atoms with van der Waals surface area (Å²) in [6, 6.07) is 8.81. The van der Waals surface area contributed by atoms with Gasteiger partial charge in [-0.15, -0.1) is 0 Å². The lowest BCUT2D eigenvalue weighted by atomic mass is 9.91. The van der Waals surface area contributed by atoms with Crippen molar-refractivity contribution in [1.82, 2.24) is 0 Å². The molecular weight excluding hydrogens is 246 g/mol. The van der Waals surface area contributed by atoms with Crippen LogP contribution in [0.3, 0.4) is 0 Å². The van der Waals surface area contributed by atoms with Crippen LogP contribution >= 0.6 is 0 Å². The van der Waals surface area contributed by atoms with Crippen molar-refractivity contribution in [3.8, 4) is 0 Å². The van der Waals surface area contributed by atoms with Gasteiger partial charge in [0.05, 0.1) is 6.10 Å². The molecule has 1 fully saturated rings. The fourth-order valence-corrected chi connectivity index (χ4v) is 3.94. The van der Waals surface area contributed by atoms with Gasteiger partial charge in [0.1, 0.15) is 0 Å². The van der Waals surface area contributed by atoms with Crippen LogP contribution in [0.2, 0.25) is 0 Å². The van der Waals surface area contributed by atoms with Crippen molar-refractivity contribution < 1.29 is 5.11 Å². The average molecular weight is 273 g/mol. The molecule has 0 saturated heterocycles. The SMILES string of the molecule is CC1Cc2ccccc2N(CC2CCCCCC2O)C1. The van der Waals surface area contributed by atoms with Crippen LogP contribution in [0.4, 0.5) is 5.69 Å². The number of hydrogen-bond donors (Lipinski definition) is 1. The lowest BCUT2D eigenvalue weighted by Crippen LogP contribution is -2.40. The van der Waals surface area contributed by atoms with E-state index in [-0.39, 0.29) is 6.10 Å². The summed E-state index contributed by atoms with van der Waals surface area (Å²) in [6.45, 7) is 4.51. The summed E-state index contributed by atoms with van der Waals surface area (Å²) < 4.78 is 0. The van der Waals surface area contributed by atoms with E-state index in [9.17, 15) is 5.11 Å². The molecule has 2 nitrogen and oxygen atoms in total. The van der Waals surface area contributed by atoms with Crippen LogP contribution in [0.15, 0.2) is 24.3 Å². The van der Waals surface area contributed by atoms with Crippen LogP contribution < -0.4 is 4.90 Å². The molecule has 1 N–H and O–H groups in total.